The van der Waals surface area contributed by atoms with E-state index in [4.69, 9.17) is 10.00 Å². The zero-order valence-electron chi connectivity index (χ0n) is 7.82. The van der Waals surface area contributed by atoms with Crippen molar-refractivity contribution in [1.29, 1.82) is 5.26 Å². The summed E-state index contributed by atoms with van der Waals surface area (Å²) in [4.78, 5) is 13.0. The van der Waals surface area contributed by atoms with Crippen LogP contribution in [0.15, 0.2) is 0 Å². The Morgan fingerprint density at radius 1 is 1.77 bits per heavy atom. The first-order valence-electron chi connectivity index (χ1n) is 4.45. The number of hydrogen-bond acceptors (Lipinski definition) is 3. The fourth-order valence-electron chi connectivity index (χ4n) is 1.54. The SMILES string of the molecule is CO[C@@H]1CCCN(C(=O)CC#N)C1. The van der Waals surface area contributed by atoms with Crippen LogP contribution in [0.4, 0.5) is 0 Å². The third-order valence-electron chi connectivity index (χ3n) is 2.29. The summed E-state index contributed by atoms with van der Waals surface area (Å²) in [6.07, 6.45) is 2.11. The van der Waals surface area contributed by atoms with E-state index in [1.807, 2.05) is 6.07 Å². The number of hydrogen-bond donors (Lipinski definition) is 0. The van der Waals surface area contributed by atoms with E-state index in [-0.39, 0.29) is 18.4 Å². The van der Waals surface area contributed by atoms with Crippen LogP contribution in [-0.4, -0.2) is 37.1 Å². The minimum absolute atomic E-state index is 0.0174. The number of nitriles is 1. The van der Waals surface area contributed by atoms with E-state index < -0.39 is 0 Å². The van der Waals surface area contributed by atoms with Crippen LogP contribution in [0.1, 0.15) is 19.3 Å². The van der Waals surface area contributed by atoms with Crippen LogP contribution in [0.3, 0.4) is 0 Å². The Balaban J connectivity index is 2.42. The molecule has 0 N–H and O–H groups in total. The Bertz CT molecular complexity index is 222. The summed E-state index contributed by atoms with van der Waals surface area (Å²) >= 11 is 0. The number of piperidine rings is 1. The maximum atomic E-state index is 11.3. The van der Waals surface area contributed by atoms with Gasteiger partial charge in [0.2, 0.25) is 5.91 Å². The Kier molecular flexibility index (Phi) is 3.71. The first-order chi connectivity index (χ1) is 6.27. The molecule has 4 nitrogen and oxygen atoms in total. The van der Waals surface area contributed by atoms with Crippen LogP contribution in [0.5, 0.6) is 0 Å². The Labute approximate surface area is 78.1 Å². The molecule has 0 unspecified atom stereocenters. The van der Waals surface area contributed by atoms with Gasteiger partial charge in [-0.15, -0.1) is 0 Å². The molecule has 0 spiro atoms. The number of ether oxygens (including phenoxy) is 1. The zero-order chi connectivity index (χ0) is 9.68. The standard InChI is InChI=1S/C9H14N2O2/c1-13-8-3-2-6-11(7-8)9(12)4-5-10/h8H,2-4,6-7H2,1H3/t8-/m1/s1. The summed E-state index contributed by atoms with van der Waals surface area (Å²) in [6, 6.07) is 1.87. The van der Waals surface area contributed by atoms with Crippen LogP contribution in [0.2, 0.25) is 0 Å². The van der Waals surface area contributed by atoms with Crippen LogP contribution in [0, 0.1) is 11.3 Å². The summed E-state index contributed by atoms with van der Waals surface area (Å²) in [5.74, 6) is -0.0794. The summed E-state index contributed by atoms with van der Waals surface area (Å²) in [5.41, 5.74) is 0. The van der Waals surface area contributed by atoms with Crippen molar-refractivity contribution in [3.63, 3.8) is 0 Å². The van der Waals surface area contributed by atoms with Gasteiger partial charge in [-0.2, -0.15) is 5.26 Å². The Morgan fingerprint density at radius 3 is 3.15 bits per heavy atom. The maximum absolute atomic E-state index is 11.3. The molecular weight excluding hydrogens is 168 g/mol. The molecule has 1 atom stereocenters. The van der Waals surface area contributed by atoms with Gasteiger partial charge in [0.15, 0.2) is 0 Å². The third-order valence-corrected chi connectivity index (χ3v) is 2.29. The van der Waals surface area contributed by atoms with Gasteiger partial charge >= 0.3 is 0 Å². The van der Waals surface area contributed by atoms with Crippen molar-refractivity contribution in [3.8, 4) is 6.07 Å². The number of carbonyl (C=O) groups is 1. The second-order valence-corrected chi connectivity index (χ2v) is 3.17. The van der Waals surface area contributed by atoms with Crippen molar-refractivity contribution in [2.75, 3.05) is 20.2 Å². The highest BCUT2D eigenvalue weighted by Crippen LogP contribution is 2.12. The highest BCUT2D eigenvalue weighted by molar-refractivity contribution is 5.78. The zero-order valence-corrected chi connectivity index (χ0v) is 7.82. The van der Waals surface area contributed by atoms with Crippen LogP contribution < -0.4 is 0 Å². The molecule has 13 heavy (non-hydrogen) atoms. The van der Waals surface area contributed by atoms with Gasteiger partial charge in [0, 0.05) is 20.2 Å². The number of nitrogens with zero attached hydrogens (tertiary/aromatic N) is 2. The molecule has 4 heteroatoms. The third kappa shape index (κ3) is 2.71. The lowest BCUT2D eigenvalue weighted by Gasteiger charge is -2.31. The van der Waals surface area contributed by atoms with Crippen molar-refractivity contribution < 1.29 is 9.53 Å². The molecule has 0 radical (unpaired) electrons. The minimum atomic E-state index is -0.0794. The Hall–Kier alpha value is -1.08. The number of carbonyl (C=O) groups excluding carboxylic acids is 1. The summed E-state index contributed by atoms with van der Waals surface area (Å²) < 4.78 is 5.17. The monoisotopic (exact) mass is 182 g/mol. The molecule has 0 aliphatic carbocycles. The first kappa shape index (κ1) is 10.0. The van der Waals surface area contributed by atoms with Crippen LogP contribution in [0.25, 0.3) is 0 Å². The number of methoxy groups -OCH3 is 1. The molecule has 72 valence electrons. The van der Waals surface area contributed by atoms with E-state index in [9.17, 15) is 4.79 Å². The fourth-order valence-corrected chi connectivity index (χ4v) is 1.54. The van der Waals surface area contributed by atoms with Gasteiger partial charge in [-0.05, 0) is 12.8 Å². The van der Waals surface area contributed by atoms with Gasteiger partial charge in [-0.1, -0.05) is 0 Å². The fraction of sp³-hybridized carbons (Fsp3) is 0.778. The summed E-state index contributed by atoms with van der Waals surface area (Å²) in [7, 11) is 1.66. The molecule has 1 saturated heterocycles. The van der Waals surface area contributed by atoms with Gasteiger partial charge in [-0.3, -0.25) is 4.79 Å². The molecule has 0 aromatic heterocycles. The van der Waals surface area contributed by atoms with Crippen molar-refractivity contribution in [2.45, 2.75) is 25.4 Å². The smallest absolute Gasteiger partial charge is 0.236 e. The topological polar surface area (TPSA) is 53.3 Å². The molecule has 0 bridgehead atoms. The molecule has 1 amide bonds. The minimum Gasteiger partial charge on any atom is -0.380 e. The van der Waals surface area contributed by atoms with Crippen LogP contribution >= 0.6 is 0 Å². The van der Waals surface area contributed by atoms with E-state index in [0.717, 1.165) is 19.4 Å². The highest BCUT2D eigenvalue weighted by atomic mass is 16.5. The molecule has 0 saturated carbocycles. The highest BCUT2D eigenvalue weighted by Gasteiger charge is 2.22. The van der Waals surface area contributed by atoms with Crippen molar-refractivity contribution >= 4 is 5.91 Å². The van der Waals surface area contributed by atoms with Crippen molar-refractivity contribution in [3.05, 3.63) is 0 Å². The van der Waals surface area contributed by atoms with Gasteiger partial charge in [0.25, 0.3) is 0 Å². The predicted octanol–water partition coefficient (Wildman–Crippen LogP) is 0.537. The predicted molar refractivity (Wildman–Crippen MR) is 46.8 cm³/mol. The van der Waals surface area contributed by atoms with Crippen molar-refractivity contribution in [2.24, 2.45) is 0 Å². The molecule has 1 aliphatic heterocycles. The maximum Gasteiger partial charge on any atom is 0.236 e. The number of amides is 1. The molecule has 1 aliphatic rings. The molecule has 0 aromatic carbocycles. The largest absolute Gasteiger partial charge is 0.380 e. The average Bonchev–Trinajstić information content (AvgIpc) is 2.18. The van der Waals surface area contributed by atoms with Gasteiger partial charge in [0.1, 0.15) is 6.42 Å². The lowest BCUT2D eigenvalue weighted by Crippen LogP contribution is -2.42. The first-order valence-corrected chi connectivity index (χ1v) is 4.45. The quantitative estimate of drug-likeness (QED) is 0.626. The molecule has 1 rings (SSSR count). The lowest BCUT2D eigenvalue weighted by atomic mass is 10.1. The van der Waals surface area contributed by atoms with E-state index in [0.29, 0.717) is 6.54 Å². The second-order valence-electron chi connectivity index (χ2n) is 3.17. The lowest BCUT2D eigenvalue weighted by molar-refractivity contribution is -0.133. The number of likely N-dealkylation sites (tertiary alicyclic amines) is 1. The van der Waals surface area contributed by atoms with E-state index in [1.165, 1.54) is 0 Å². The number of rotatable bonds is 2. The van der Waals surface area contributed by atoms with Gasteiger partial charge < -0.3 is 9.64 Å². The second kappa shape index (κ2) is 4.83. The molecule has 0 aromatic rings. The van der Waals surface area contributed by atoms with E-state index in [2.05, 4.69) is 0 Å². The normalized spacial score (nSPS) is 22.5. The van der Waals surface area contributed by atoms with E-state index >= 15 is 0 Å². The van der Waals surface area contributed by atoms with E-state index in [1.54, 1.807) is 12.0 Å². The summed E-state index contributed by atoms with van der Waals surface area (Å²) in [5, 5.41) is 8.36. The van der Waals surface area contributed by atoms with Gasteiger partial charge in [-0.25, -0.2) is 0 Å². The molecule has 1 heterocycles. The Morgan fingerprint density at radius 2 is 2.54 bits per heavy atom. The summed E-state index contributed by atoms with van der Waals surface area (Å²) in [6.45, 7) is 1.40. The average molecular weight is 182 g/mol. The van der Waals surface area contributed by atoms with Crippen molar-refractivity contribution in [1.82, 2.24) is 4.90 Å². The molecule has 1 fully saturated rings. The van der Waals surface area contributed by atoms with Gasteiger partial charge in [0.05, 0.1) is 12.2 Å². The molecular formula is C9H14N2O2. The van der Waals surface area contributed by atoms with Crippen LogP contribution in [-0.2, 0) is 9.53 Å².